The first-order valence-electron chi connectivity index (χ1n) is 9.39. The number of sulfone groups is 1. The fraction of sp³-hybridized carbons (Fsp3) is 0.579. The summed E-state index contributed by atoms with van der Waals surface area (Å²) in [6.07, 6.45) is 2.74. The molecular weight excluding hydrogens is 364 g/mol. The molecular formula is C19H30N4O3S. The van der Waals surface area contributed by atoms with Crippen molar-refractivity contribution >= 4 is 21.7 Å². The molecule has 0 radical (unpaired) electrons. The molecule has 2 unspecified atom stereocenters. The lowest BCUT2D eigenvalue weighted by Crippen LogP contribution is -2.44. The number of nitrogens with zero attached hydrogens (tertiary/aromatic N) is 1. The molecule has 150 valence electrons. The summed E-state index contributed by atoms with van der Waals surface area (Å²) < 4.78 is 22.8. The lowest BCUT2D eigenvalue weighted by atomic mass is 10.1. The second kappa shape index (κ2) is 10.3. The van der Waals surface area contributed by atoms with Crippen molar-refractivity contribution in [2.24, 2.45) is 4.99 Å². The van der Waals surface area contributed by atoms with E-state index in [1.165, 1.54) is 5.56 Å². The van der Waals surface area contributed by atoms with Crippen LogP contribution in [-0.4, -0.2) is 57.5 Å². The number of amides is 1. The van der Waals surface area contributed by atoms with Crippen molar-refractivity contribution in [1.29, 1.82) is 0 Å². The predicted octanol–water partition coefficient (Wildman–Crippen LogP) is 0.866. The van der Waals surface area contributed by atoms with Gasteiger partial charge in [-0.2, -0.15) is 0 Å². The second-order valence-corrected chi connectivity index (χ2v) is 9.21. The Morgan fingerprint density at radius 3 is 2.67 bits per heavy atom. The van der Waals surface area contributed by atoms with E-state index in [4.69, 9.17) is 0 Å². The van der Waals surface area contributed by atoms with Gasteiger partial charge in [-0.05, 0) is 31.7 Å². The number of hydrogen-bond acceptors (Lipinski definition) is 4. The summed E-state index contributed by atoms with van der Waals surface area (Å²) in [5, 5.41) is 9.24. The molecule has 7 nitrogen and oxygen atoms in total. The van der Waals surface area contributed by atoms with Gasteiger partial charge in [0.1, 0.15) is 0 Å². The number of hydrogen-bond donors (Lipinski definition) is 3. The summed E-state index contributed by atoms with van der Waals surface area (Å²) in [5.74, 6) is 0.728. The van der Waals surface area contributed by atoms with E-state index in [2.05, 4.69) is 40.0 Å². The molecule has 1 aliphatic rings. The van der Waals surface area contributed by atoms with Gasteiger partial charge in [-0.1, -0.05) is 30.3 Å². The largest absolute Gasteiger partial charge is 0.356 e. The Kier molecular flexibility index (Phi) is 8.09. The molecule has 8 heteroatoms. The molecule has 0 bridgehead atoms. The zero-order valence-electron chi connectivity index (χ0n) is 16.1. The minimum Gasteiger partial charge on any atom is -0.356 e. The van der Waals surface area contributed by atoms with Crippen LogP contribution < -0.4 is 16.0 Å². The molecule has 1 aliphatic heterocycles. The third-order valence-corrected chi connectivity index (χ3v) is 6.33. The highest BCUT2D eigenvalue weighted by molar-refractivity contribution is 7.91. The summed E-state index contributed by atoms with van der Waals surface area (Å²) >= 11 is 0. The van der Waals surface area contributed by atoms with E-state index < -0.39 is 9.84 Å². The van der Waals surface area contributed by atoms with Gasteiger partial charge < -0.3 is 16.0 Å². The molecule has 2 rings (SSSR count). The SMILES string of the molecule is CN=C(NCCC(=O)NC1CCS(=O)(=O)C1)NC(C)CCc1ccccc1. The van der Waals surface area contributed by atoms with E-state index in [-0.39, 0.29) is 35.9 Å². The zero-order valence-corrected chi connectivity index (χ0v) is 16.9. The lowest BCUT2D eigenvalue weighted by Gasteiger charge is -2.18. The summed E-state index contributed by atoms with van der Waals surface area (Å²) in [5.41, 5.74) is 1.31. The normalized spacial score (nSPS) is 20.1. The van der Waals surface area contributed by atoms with Crippen molar-refractivity contribution in [3.05, 3.63) is 35.9 Å². The first-order chi connectivity index (χ1) is 12.9. The summed E-state index contributed by atoms with van der Waals surface area (Å²) in [4.78, 5) is 16.1. The van der Waals surface area contributed by atoms with E-state index in [1.54, 1.807) is 7.05 Å². The van der Waals surface area contributed by atoms with Gasteiger partial charge in [0, 0.05) is 32.1 Å². The van der Waals surface area contributed by atoms with Crippen LogP contribution in [0.3, 0.4) is 0 Å². The number of aryl methyl sites for hydroxylation is 1. The highest BCUT2D eigenvalue weighted by Crippen LogP contribution is 2.11. The van der Waals surface area contributed by atoms with E-state index in [1.807, 2.05) is 18.2 Å². The van der Waals surface area contributed by atoms with Gasteiger partial charge >= 0.3 is 0 Å². The van der Waals surface area contributed by atoms with Crippen LogP contribution in [0.1, 0.15) is 31.7 Å². The third-order valence-electron chi connectivity index (χ3n) is 4.56. The van der Waals surface area contributed by atoms with Gasteiger partial charge in [0.25, 0.3) is 0 Å². The summed E-state index contributed by atoms with van der Waals surface area (Å²) in [6.45, 7) is 2.54. The van der Waals surface area contributed by atoms with E-state index in [0.717, 1.165) is 12.8 Å². The van der Waals surface area contributed by atoms with Crippen LogP contribution >= 0.6 is 0 Å². The number of carbonyl (C=O) groups excluding carboxylic acids is 1. The molecule has 0 aromatic heterocycles. The minimum absolute atomic E-state index is 0.0499. The maximum atomic E-state index is 12.0. The maximum absolute atomic E-state index is 12.0. The van der Waals surface area contributed by atoms with Gasteiger partial charge in [-0.15, -0.1) is 0 Å². The van der Waals surface area contributed by atoms with Gasteiger partial charge in [-0.25, -0.2) is 8.42 Å². The van der Waals surface area contributed by atoms with Crippen molar-refractivity contribution in [3.8, 4) is 0 Å². The smallest absolute Gasteiger partial charge is 0.222 e. The monoisotopic (exact) mass is 394 g/mol. The summed E-state index contributed by atoms with van der Waals surface area (Å²) in [7, 11) is -1.28. The Balaban J connectivity index is 1.64. The number of rotatable bonds is 8. The number of benzene rings is 1. The topological polar surface area (TPSA) is 99.7 Å². The molecule has 3 N–H and O–H groups in total. The standard InChI is InChI=1S/C19H30N4O3S/c1-15(8-9-16-6-4-3-5-7-16)22-19(20-2)21-12-10-18(24)23-17-11-13-27(25,26)14-17/h3-7,15,17H,8-14H2,1-2H3,(H,23,24)(H2,20,21,22). The molecule has 1 aromatic rings. The van der Waals surface area contributed by atoms with Gasteiger partial charge in [0.15, 0.2) is 15.8 Å². The van der Waals surface area contributed by atoms with Crippen molar-refractivity contribution < 1.29 is 13.2 Å². The Morgan fingerprint density at radius 1 is 1.30 bits per heavy atom. The van der Waals surface area contributed by atoms with Crippen LogP contribution in [0.4, 0.5) is 0 Å². The Morgan fingerprint density at radius 2 is 2.04 bits per heavy atom. The molecule has 1 aromatic carbocycles. The highest BCUT2D eigenvalue weighted by atomic mass is 32.2. The van der Waals surface area contributed by atoms with Crippen LogP contribution in [0.2, 0.25) is 0 Å². The first kappa shape index (κ1) is 21.2. The highest BCUT2D eigenvalue weighted by Gasteiger charge is 2.28. The molecule has 1 heterocycles. The van der Waals surface area contributed by atoms with Crippen molar-refractivity contribution in [2.75, 3.05) is 25.1 Å². The van der Waals surface area contributed by atoms with Crippen LogP contribution in [0, 0.1) is 0 Å². The number of guanidine groups is 1. The third kappa shape index (κ3) is 7.99. The number of carbonyl (C=O) groups is 1. The number of aliphatic imine (C=N–C) groups is 1. The quantitative estimate of drug-likeness (QED) is 0.449. The molecule has 27 heavy (non-hydrogen) atoms. The van der Waals surface area contributed by atoms with Gasteiger partial charge in [0.2, 0.25) is 5.91 Å². The summed E-state index contributed by atoms with van der Waals surface area (Å²) in [6, 6.07) is 10.3. The Bertz CT molecular complexity index is 735. The van der Waals surface area contributed by atoms with E-state index in [0.29, 0.717) is 18.9 Å². The van der Waals surface area contributed by atoms with Crippen molar-refractivity contribution in [1.82, 2.24) is 16.0 Å². The van der Waals surface area contributed by atoms with Crippen LogP contribution in [0.5, 0.6) is 0 Å². The van der Waals surface area contributed by atoms with Gasteiger partial charge in [0.05, 0.1) is 11.5 Å². The van der Waals surface area contributed by atoms with Crippen LogP contribution in [0.15, 0.2) is 35.3 Å². The molecule has 1 saturated heterocycles. The van der Waals surface area contributed by atoms with Gasteiger partial charge in [-0.3, -0.25) is 9.79 Å². The average molecular weight is 395 g/mol. The fourth-order valence-corrected chi connectivity index (χ4v) is 4.70. The van der Waals surface area contributed by atoms with Crippen molar-refractivity contribution in [3.63, 3.8) is 0 Å². The molecule has 1 amide bonds. The number of nitrogens with one attached hydrogen (secondary N) is 3. The zero-order chi connectivity index (χ0) is 19.7. The molecule has 0 aliphatic carbocycles. The van der Waals surface area contributed by atoms with Crippen molar-refractivity contribution in [2.45, 2.75) is 44.7 Å². The first-order valence-corrected chi connectivity index (χ1v) is 11.2. The fourth-order valence-electron chi connectivity index (χ4n) is 3.03. The Hall–Kier alpha value is -2.09. The molecule has 0 saturated carbocycles. The minimum atomic E-state index is -2.98. The second-order valence-electron chi connectivity index (χ2n) is 6.99. The average Bonchev–Trinajstić information content (AvgIpc) is 2.98. The van der Waals surface area contributed by atoms with E-state index in [9.17, 15) is 13.2 Å². The molecule has 0 spiro atoms. The maximum Gasteiger partial charge on any atom is 0.222 e. The Labute approximate surface area is 162 Å². The molecule has 1 fully saturated rings. The molecule has 2 atom stereocenters. The van der Waals surface area contributed by atoms with Crippen LogP contribution in [-0.2, 0) is 21.1 Å². The lowest BCUT2D eigenvalue weighted by molar-refractivity contribution is -0.121. The predicted molar refractivity (Wildman–Crippen MR) is 109 cm³/mol. The van der Waals surface area contributed by atoms with Crippen LogP contribution in [0.25, 0.3) is 0 Å². The van der Waals surface area contributed by atoms with E-state index >= 15 is 0 Å².